The van der Waals surface area contributed by atoms with Crippen molar-refractivity contribution in [2.24, 2.45) is 0 Å². The van der Waals surface area contributed by atoms with Crippen LogP contribution in [0.2, 0.25) is 0 Å². The molecule has 2 aliphatic rings. The van der Waals surface area contributed by atoms with Crippen LogP contribution in [0.5, 0.6) is 5.75 Å². The van der Waals surface area contributed by atoms with Gasteiger partial charge in [0.15, 0.2) is 6.61 Å². The van der Waals surface area contributed by atoms with Crippen LogP contribution in [0, 0.1) is 0 Å². The Bertz CT molecular complexity index is 694. The number of esters is 1. The molecule has 0 bridgehead atoms. The monoisotopic (exact) mass is 421 g/mol. The second kappa shape index (κ2) is 10.8. The average molecular weight is 422 g/mol. The average Bonchev–Trinajstić information content (AvgIpc) is 3.09. The summed E-state index contributed by atoms with van der Waals surface area (Å²) in [7, 11) is 2.16. The van der Waals surface area contributed by atoms with Gasteiger partial charge in [-0.15, -0.1) is 11.8 Å². The molecule has 2 fully saturated rings. The van der Waals surface area contributed by atoms with E-state index in [1.165, 1.54) is 0 Å². The highest BCUT2D eigenvalue weighted by molar-refractivity contribution is 8.00. The molecule has 1 amide bonds. The van der Waals surface area contributed by atoms with Gasteiger partial charge in [0.2, 0.25) is 5.91 Å². The summed E-state index contributed by atoms with van der Waals surface area (Å²) in [5, 5.41) is -0.0756. The fourth-order valence-electron chi connectivity index (χ4n) is 3.64. The van der Waals surface area contributed by atoms with Crippen molar-refractivity contribution in [3.8, 4) is 5.75 Å². The van der Waals surface area contributed by atoms with E-state index in [-0.39, 0.29) is 23.9 Å². The van der Waals surface area contributed by atoms with Crippen molar-refractivity contribution in [2.75, 3.05) is 65.3 Å². The first-order valence-corrected chi connectivity index (χ1v) is 11.3. The smallest absolute Gasteiger partial charge is 0.344 e. The number of hydrogen-bond acceptors (Lipinski definition) is 7. The van der Waals surface area contributed by atoms with Crippen LogP contribution < -0.4 is 4.74 Å². The van der Waals surface area contributed by atoms with Gasteiger partial charge >= 0.3 is 5.97 Å². The predicted octanol–water partition coefficient (Wildman–Crippen LogP) is 1.84. The number of amides is 1. The van der Waals surface area contributed by atoms with Crippen LogP contribution in [0.3, 0.4) is 0 Å². The molecule has 7 nitrogen and oxygen atoms in total. The molecule has 3 rings (SSSR count). The van der Waals surface area contributed by atoms with Crippen LogP contribution in [0.4, 0.5) is 0 Å². The zero-order valence-electron chi connectivity index (χ0n) is 17.3. The third kappa shape index (κ3) is 6.10. The summed E-state index contributed by atoms with van der Waals surface area (Å²) in [6.45, 7) is 8.11. The van der Waals surface area contributed by atoms with Crippen LogP contribution >= 0.6 is 11.8 Å². The van der Waals surface area contributed by atoms with Crippen LogP contribution in [0.15, 0.2) is 24.3 Å². The highest BCUT2D eigenvalue weighted by atomic mass is 32.2. The van der Waals surface area contributed by atoms with Gasteiger partial charge in [0.05, 0.1) is 12.4 Å². The topological polar surface area (TPSA) is 62.3 Å². The van der Waals surface area contributed by atoms with Gasteiger partial charge < -0.3 is 24.2 Å². The first-order valence-electron chi connectivity index (χ1n) is 10.3. The number of piperazine rings is 1. The number of likely N-dealkylation sites (N-methyl/N-ethyl adjacent to an activating group) is 1. The summed E-state index contributed by atoms with van der Waals surface area (Å²) in [5.41, 5.74) is 0.937. The summed E-state index contributed by atoms with van der Waals surface area (Å²) in [6.07, 6.45) is 0.957. The van der Waals surface area contributed by atoms with Crippen molar-refractivity contribution in [2.45, 2.75) is 18.7 Å². The second-order valence-corrected chi connectivity index (χ2v) is 8.45. The lowest BCUT2D eigenvalue weighted by molar-refractivity contribution is -0.145. The Hall–Kier alpha value is -1.77. The minimum absolute atomic E-state index is 0.0756. The summed E-state index contributed by atoms with van der Waals surface area (Å²) in [4.78, 5) is 30.9. The van der Waals surface area contributed by atoms with Gasteiger partial charge in [0, 0.05) is 38.3 Å². The molecule has 0 aromatic heterocycles. The fraction of sp³-hybridized carbons (Fsp3) is 0.619. The minimum Gasteiger partial charge on any atom is -0.482 e. The number of carbonyl (C=O) groups excluding carboxylic acids is 2. The molecule has 0 spiro atoms. The van der Waals surface area contributed by atoms with Crippen molar-refractivity contribution in [3.05, 3.63) is 29.8 Å². The Morgan fingerprint density at radius 2 is 1.93 bits per heavy atom. The number of hydrogen-bond donors (Lipinski definition) is 0. The summed E-state index contributed by atoms with van der Waals surface area (Å²) < 4.78 is 10.7. The maximum atomic E-state index is 12.5. The largest absolute Gasteiger partial charge is 0.482 e. The molecule has 160 valence electrons. The third-order valence-corrected chi connectivity index (χ3v) is 6.51. The molecule has 0 radical (unpaired) electrons. The van der Waals surface area contributed by atoms with Crippen LogP contribution in [-0.2, 0) is 14.3 Å². The van der Waals surface area contributed by atoms with E-state index in [9.17, 15) is 9.59 Å². The second-order valence-electron chi connectivity index (χ2n) is 7.38. The van der Waals surface area contributed by atoms with Crippen LogP contribution in [-0.4, -0.2) is 91.9 Å². The van der Waals surface area contributed by atoms with Crippen molar-refractivity contribution in [3.63, 3.8) is 0 Å². The van der Waals surface area contributed by atoms with E-state index in [0.717, 1.165) is 51.3 Å². The third-order valence-electron chi connectivity index (χ3n) is 5.27. The molecule has 2 saturated heterocycles. The zero-order valence-corrected chi connectivity index (χ0v) is 18.2. The van der Waals surface area contributed by atoms with Gasteiger partial charge in [0.1, 0.15) is 11.1 Å². The predicted molar refractivity (Wildman–Crippen MR) is 114 cm³/mol. The summed E-state index contributed by atoms with van der Waals surface area (Å²) >= 11 is 1.62. The normalized spacial score (nSPS) is 20.8. The molecule has 0 saturated carbocycles. The minimum atomic E-state index is -0.388. The van der Waals surface area contributed by atoms with E-state index in [1.807, 2.05) is 29.2 Å². The van der Waals surface area contributed by atoms with Gasteiger partial charge in [-0.1, -0.05) is 18.2 Å². The lowest BCUT2D eigenvalue weighted by atomic mass is 10.1. The van der Waals surface area contributed by atoms with E-state index in [2.05, 4.69) is 16.8 Å². The Labute approximate surface area is 177 Å². The SMILES string of the molecule is CCOC(=O)COc1ccccc1C1SCC(=O)N1CCCN1CCN(C)CC1. The molecule has 8 heteroatoms. The number of ether oxygens (including phenoxy) is 2. The van der Waals surface area contributed by atoms with Gasteiger partial charge in [-0.2, -0.15) is 0 Å². The Balaban J connectivity index is 1.58. The summed E-state index contributed by atoms with van der Waals surface area (Å²) in [5.74, 6) is 0.891. The lowest BCUT2D eigenvalue weighted by Crippen LogP contribution is -2.45. The number of para-hydroxylation sites is 1. The van der Waals surface area contributed by atoms with Gasteiger partial charge in [-0.05, 0) is 33.0 Å². The number of thioether (sulfide) groups is 1. The highest BCUT2D eigenvalue weighted by Gasteiger charge is 2.34. The van der Waals surface area contributed by atoms with Crippen LogP contribution in [0.1, 0.15) is 24.3 Å². The van der Waals surface area contributed by atoms with Crippen LogP contribution in [0.25, 0.3) is 0 Å². The molecule has 1 aromatic carbocycles. The zero-order chi connectivity index (χ0) is 20.6. The van der Waals surface area contributed by atoms with E-state index in [0.29, 0.717) is 18.1 Å². The molecular formula is C21H31N3O4S. The molecule has 2 heterocycles. The van der Waals surface area contributed by atoms with Crippen molar-refractivity contribution >= 4 is 23.6 Å². The number of rotatable bonds is 9. The van der Waals surface area contributed by atoms with Crippen molar-refractivity contribution in [1.82, 2.24) is 14.7 Å². The molecule has 0 N–H and O–H groups in total. The first kappa shape index (κ1) is 21.9. The Morgan fingerprint density at radius 3 is 2.69 bits per heavy atom. The standard InChI is InChI=1S/C21H31N3O4S/c1-3-27-20(26)15-28-18-8-5-4-7-17(18)21-24(19(25)16-29-21)10-6-9-23-13-11-22(2)12-14-23/h4-5,7-8,21H,3,6,9-16H2,1-2H3. The van der Waals surface area contributed by atoms with Crippen molar-refractivity contribution in [1.29, 1.82) is 0 Å². The van der Waals surface area contributed by atoms with Gasteiger partial charge in [0.25, 0.3) is 0 Å². The van der Waals surface area contributed by atoms with E-state index in [4.69, 9.17) is 9.47 Å². The maximum Gasteiger partial charge on any atom is 0.344 e. The molecule has 1 aromatic rings. The Morgan fingerprint density at radius 1 is 1.17 bits per heavy atom. The summed E-state index contributed by atoms with van der Waals surface area (Å²) in [6, 6.07) is 7.64. The van der Waals surface area contributed by atoms with Gasteiger partial charge in [-0.25, -0.2) is 4.79 Å². The van der Waals surface area contributed by atoms with Gasteiger partial charge in [-0.3, -0.25) is 4.79 Å². The Kier molecular flexibility index (Phi) is 8.20. The molecule has 0 aliphatic carbocycles. The lowest BCUT2D eigenvalue weighted by Gasteiger charge is -2.33. The van der Waals surface area contributed by atoms with Crippen molar-refractivity contribution < 1.29 is 19.1 Å². The molecule has 29 heavy (non-hydrogen) atoms. The first-order chi connectivity index (χ1) is 14.1. The molecule has 1 atom stereocenters. The quantitative estimate of drug-likeness (QED) is 0.564. The van der Waals surface area contributed by atoms with E-state index < -0.39 is 0 Å². The highest BCUT2D eigenvalue weighted by Crippen LogP contribution is 2.42. The number of nitrogens with zero attached hydrogens (tertiary/aromatic N) is 3. The number of carbonyl (C=O) groups is 2. The fourth-order valence-corrected chi connectivity index (χ4v) is 4.89. The molecule has 1 unspecified atom stereocenters. The molecule has 2 aliphatic heterocycles. The maximum absolute atomic E-state index is 12.5. The van der Waals surface area contributed by atoms with E-state index in [1.54, 1.807) is 18.7 Å². The van der Waals surface area contributed by atoms with E-state index >= 15 is 0 Å². The molecular weight excluding hydrogens is 390 g/mol. The number of benzene rings is 1.